The molecule has 0 aliphatic heterocycles. The summed E-state index contributed by atoms with van der Waals surface area (Å²) in [7, 11) is 0. The molecule has 0 fully saturated rings. The lowest BCUT2D eigenvalue weighted by Crippen LogP contribution is -2.30. The first-order valence-electron chi connectivity index (χ1n) is 6.95. The van der Waals surface area contributed by atoms with Gasteiger partial charge in [0.05, 0.1) is 5.56 Å². The number of para-hydroxylation sites is 1. The van der Waals surface area contributed by atoms with Crippen LogP contribution in [0.25, 0.3) is 0 Å². The Morgan fingerprint density at radius 2 is 1.95 bits per heavy atom. The summed E-state index contributed by atoms with van der Waals surface area (Å²) in [5, 5.41) is 10.1. The molecule has 0 spiro atoms. The van der Waals surface area contributed by atoms with Crippen molar-refractivity contribution >= 4 is 11.6 Å². The summed E-state index contributed by atoms with van der Waals surface area (Å²) in [6.07, 6.45) is 0. The van der Waals surface area contributed by atoms with Crippen LogP contribution in [0.2, 0.25) is 0 Å². The predicted molar refractivity (Wildman–Crippen MR) is 84.1 cm³/mol. The van der Waals surface area contributed by atoms with Crippen molar-refractivity contribution in [3.05, 3.63) is 59.2 Å². The van der Waals surface area contributed by atoms with Crippen molar-refractivity contribution in [1.29, 1.82) is 0 Å². The lowest BCUT2D eigenvalue weighted by Gasteiger charge is -2.22. The Labute approximate surface area is 124 Å². The number of anilines is 1. The number of rotatable bonds is 4. The van der Waals surface area contributed by atoms with E-state index in [2.05, 4.69) is 0 Å². The molecule has 2 aromatic rings. The Hall–Kier alpha value is -2.49. The van der Waals surface area contributed by atoms with Crippen LogP contribution < -0.4 is 5.73 Å². The van der Waals surface area contributed by atoms with Crippen molar-refractivity contribution in [1.82, 2.24) is 4.90 Å². The number of nitrogens with zero attached hydrogens (tertiary/aromatic N) is 1. The van der Waals surface area contributed by atoms with Gasteiger partial charge in [0.15, 0.2) is 0 Å². The molecule has 0 atom stereocenters. The molecule has 0 aliphatic rings. The van der Waals surface area contributed by atoms with Crippen molar-refractivity contribution in [2.45, 2.75) is 20.4 Å². The second-order valence-corrected chi connectivity index (χ2v) is 5.04. The van der Waals surface area contributed by atoms with E-state index >= 15 is 0 Å². The van der Waals surface area contributed by atoms with Crippen molar-refractivity contribution in [2.24, 2.45) is 0 Å². The van der Waals surface area contributed by atoms with Crippen molar-refractivity contribution in [3.8, 4) is 5.75 Å². The number of carbonyl (C=O) groups is 1. The van der Waals surface area contributed by atoms with E-state index in [0.717, 1.165) is 5.56 Å². The van der Waals surface area contributed by atoms with Crippen LogP contribution in [0.3, 0.4) is 0 Å². The number of nitrogens with two attached hydrogens (primary N) is 1. The number of aryl methyl sites for hydroxylation is 1. The maximum Gasteiger partial charge on any atom is 0.257 e. The normalized spacial score (nSPS) is 10.4. The minimum Gasteiger partial charge on any atom is -0.507 e. The highest BCUT2D eigenvalue weighted by molar-refractivity contribution is 5.97. The lowest BCUT2D eigenvalue weighted by atomic mass is 10.1. The van der Waals surface area contributed by atoms with Gasteiger partial charge in [0.1, 0.15) is 5.75 Å². The van der Waals surface area contributed by atoms with Gasteiger partial charge in [-0.25, -0.2) is 0 Å². The number of aromatic hydroxyl groups is 1. The first kappa shape index (κ1) is 14.9. The number of hydrogen-bond donors (Lipinski definition) is 2. The zero-order chi connectivity index (χ0) is 15.4. The SMILES string of the molecule is CCN(Cc1cccc(N)c1)C(=O)c1cccc(C)c1O. The largest absolute Gasteiger partial charge is 0.507 e. The summed E-state index contributed by atoms with van der Waals surface area (Å²) in [6.45, 7) is 4.71. The Balaban J connectivity index is 2.25. The highest BCUT2D eigenvalue weighted by Crippen LogP contribution is 2.23. The van der Waals surface area contributed by atoms with E-state index in [4.69, 9.17) is 5.73 Å². The Morgan fingerprint density at radius 1 is 1.24 bits per heavy atom. The van der Waals surface area contributed by atoms with Crippen LogP contribution in [0.1, 0.15) is 28.4 Å². The number of nitrogen functional groups attached to an aromatic ring is 1. The van der Waals surface area contributed by atoms with Crippen LogP contribution in [-0.4, -0.2) is 22.5 Å². The van der Waals surface area contributed by atoms with Crippen LogP contribution in [-0.2, 0) is 6.54 Å². The van der Waals surface area contributed by atoms with Crippen LogP contribution in [0.5, 0.6) is 5.75 Å². The van der Waals surface area contributed by atoms with Crippen LogP contribution in [0.15, 0.2) is 42.5 Å². The van der Waals surface area contributed by atoms with Gasteiger partial charge < -0.3 is 15.7 Å². The highest BCUT2D eigenvalue weighted by atomic mass is 16.3. The van der Waals surface area contributed by atoms with E-state index in [9.17, 15) is 9.90 Å². The Morgan fingerprint density at radius 3 is 2.62 bits per heavy atom. The standard InChI is InChI=1S/C17H20N2O2/c1-3-19(11-13-7-5-8-14(18)10-13)17(21)15-9-4-6-12(2)16(15)20/h4-10,20H,3,11,18H2,1-2H3. The third-order valence-corrected chi connectivity index (χ3v) is 3.46. The molecule has 0 aromatic heterocycles. The Kier molecular flexibility index (Phi) is 4.48. The van der Waals surface area contributed by atoms with Gasteiger partial charge in [-0.1, -0.05) is 24.3 Å². The number of benzene rings is 2. The maximum absolute atomic E-state index is 12.6. The fourth-order valence-corrected chi connectivity index (χ4v) is 2.24. The van der Waals surface area contributed by atoms with E-state index in [1.807, 2.05) is 31.2 Å². The van der Waals surface area contributed by atoms with Gasteiger partial charge in [-0.15, -0.1) is 0 Å². The molecule has 1 amide bonds. The fraction of sp³-hybridized carbons (Fsp3) is 0.235. The monoisotopic (exact) mass is 284 g/mol. The third kappa shape index (κ3) is 3.34. The smallest absolute Gasteiger partial charge is 0.257 e. The summed E-state index contributed by atoms with van der Waals surface area (Å²) in [5.41, 5.74) is 8.44. The van der Waals surface area contributed by atoms with E-state index in [1.165, 1.54) is 0 Å². The summed E-state index contributed by atoms with van der Waals surface area (Å²) in [5.74, 6) is -0.130. The Bertz CT molecular complexity index is 653. The minimum atomic E-state index is -0.180. The van der Waals surface area contributed by atoms with Crippen molar-refractivity contribution < 1.29 is 9.90 Å². The van der Waals surface area contributed by atoms with E-state index < -0.39 is 0 Å². The molecule has 0 radical (unpaired) electrons. The van der Waals surface area contributed by atoms with Gasteiger partial charge in [0.2, 0.25) is 0 Å². The summed E-state index contributed by atoms with van der Waals surface area (Å²) < 4.78 is 0. The van der Waals surface area contributed by atoms with Crippen LogP contribution in [0.4, 0.5) is 5.69 Å². The zero-order valence-corrected chi connectivity index (χ0v) is 12.3. The molecule has 4 nitrogen and oxygen atoms in total. The second kappa shape index (κ2) is 6.31. The van der Waals surface area contributed by atoms with Crippen molar-refractivity contribution in [3.63, 3.8) is 0 Å². The molecule has 0 bridgehead atoms. The number of phenolic OH excluding ortho intramolecular Hbond substituents is 1. The van der Waals surface area contributed by atoms with Gasteiger partial charge in [0.25, 0.3) is 5.91 Å². The predicted octanol–water partition coefficient (Wildman–Crippen LogP) is 2.95. The molecular formula is C17H20N2O2. The first-order valence-corrected chi connectivity index (χ1v) is 6.95. The zero-order valence-electron chi connectivity index (χ0n) is 12.3. The van der Waals surface area contributed by atoms with E-state index in [-0.39, 0.29) is 11.7 Å². The van der Waals surface area contributed by atoms with E-state index in [1.54, 1.807) is 30.0 Å². The summed E-state index contributed by atoms with van der Waals surface area (Å²) >= 11 is 0. The summed E-state index contributed by atoms with van der Waals surface area (Å²) in [4.78, 5) is 14.3. The number of carbonyl (C=O) groups excluding carboxylic acids is 1. The molecule has 0 saturated carbocycles. The van der Waals surface area contributed by atoms with Gasteiger partial charge in [-0.3, -0.25) is 4.79 Å². The van der Waals surface area contributed by atoms with E-state index in [0.29, 0.717) is 29.9 Å². The molecule has 0 aliphatic carbocycles. The average Bonchev–Trinajstić information content (AvgIpc) is 2.47. The quantitative estimate of drug-likeness (QED) is 0.848. The molecule has 4 heteroatoms. The molecular weight excluding hydrogens is 264 g/mol. The van der Waals surface area contributed by atoms with Crippen LogP contribution >= 0.6 is 0 Å². The molecule has 0 unspecified atom stereocenters. The average molecular weight is 284 g/mol. The lowest BCUT2D eigenvalue weighted by molar-refractivity contribution is 0.0749. The number of amides is 1. The molecule has 0 heterocycles. The first-order chi connectivity index (χ1) is 10.0. The molecule has 2 rings (SSSR count). The molecule has 2 aromatic carbocycles. The second-order valence-electron chi connectivity index (χ2n) is 5.04. The van der Waals surface area contributed by atoms with Crippen molar-refractivity contribution in [2.75, 3.05) is 12.3 Å². The van der Waals surface area contributed by atoms with Gasteiger partial charge in [-0.2, -0.15) is 0 Å². The summed E-state index contributed by atoms with van der Waals surface area (Å²) in [6, 6.07) is 12.7. The van der Waals surface area contributed by atoms with Gasteiger partial charge in [-0.05, 0) is 43.2 Å². The third-order valence-electron chi connectivity index (χ3n) is 3.46. The minimum absolute atomic E-state index is 0.0496. The van der Waals surface area contributed by atoms with Gasteiger partial charge >= 0.3 is 0 Å². The number of phenols is 1. The van der Waals surface area contributed by atoms with Crippen LogP contribution in [0, 0.1) is 6.92 Å². The topological polar surface area (TPSA) is 66.6 Å². The molecule has 0 saturated heterocycles. The fourth-order valence-electron chi connectivity index (χ4n) is 2.24. The maximum atomic E-state index is 12.6. The molecule has 3 N–H and O–H groups in total. The molecule has 110 valence electrons. The van der Waals surface area contributed by atoms with Gasteiger partial charge in [0, 0.05) is 18.8 Å². The number of hydrogen-bond acceptors (Lipinski definition) is 3. The molecule has 21 heavy (non-hydrogen) atoms. The highest BCUT2D eigenvalue weighted by Gasteiger charge is 2.18.